The van der Waals surface area contributed by atoms with Gasteiger partial charge in [-0.15, -0.1) is 0 Å². The molecule has 48 heavy (non-hydrogen) atoms. The Morgan fingerprint density at radius 2 is 0.792 bits per heavy atom. The fourth-order valence-electron chi connectivity index (χ4n) is 6.88. The van der Waals surface area contributed by atoms with Crippen LogP contribution in [-0.4, -0.2) is 34.9 Å². The van der Waals surface area contributed by atoms with Gasteiger partial charge >= 0.3 is 0 Å². The molecule has 0 aliphatic heterocycles. The molecule has 0 saturated carbocycles. The van der Waals surface area contributed by atoms with E-state index < -0.39 is 12.1 Å². The van der Waals surface area contributed by atoms with Gasteiger partial charge in [0.25, 0.3) is 0 Å². The van der Waals surface area contributed by atoms with Crippen LogP contribution in [0.3, 0.4) is 0 Å². The van der Waals surface area contributed by atoms with E-state index in [0.29, 0.717) is 12.8 Å². The minimum absolute atomic E-state index is 0.0501. The summed E-state index contributed by atoms with van der Waals surface area (Å²) in [5, 5.41) is 23.0. The maximum atomic E-state index is 12.4. The summed E-state index contributed by atoms with van der Waals surface area (Å²) >= 11 is 0. The molecule has 0 aromatic rings. The molecule has 0 saturated heterocycles. The predicted molar refractivity (Wildman–Crippen MR) is 212 cm³/mol. The molecule has 286 valence electrons. The zero-order valence-corrected chi connectivity index (χ0v) is 32.8. The third-order valence-electron chi connectivity index (χ3n) is 10.3. The zero-order chi connectivity index (χ0) is 35.0. The number of nitrogens with one attached hydrogen (secondary N) is 1. The van der Waals surface area contributed by atoms with Crippen LogP contribution < -0.4 is 5.32 Å². The van der Waals surface area contributed by atoms with E-state index in [0.717, 1.165) is 19.3 Å². The van der Waals surface area contributed by atoms with Crippen LogP contribution in [0.5, 0.6) is 0 Å². The predicted octanol–water partition coefficient (Wildman–Crippen LogP) is 13.5. The summed E-state index contributed by atoms with van der Waals surface area (Å²) < 4.78 is 0. The number of amides is 1. The number of aliphatic hydroxyl groups excluding tert-OH is 2. The Labute approximate surface area is 301 Å². The first kappa shape index (κ1) is 47.1. The van der Waals surface area contributed by atoms with Crippen molar-refractivity contribution in [3.8, 4) is 0 Å². The van der Waals surface area contributed by atoms with E-state index in [-0.39, 0.29) is 12.5 Å². The minimum atomic E-state index is -0.739. The average molecular weight is 678 g/mol. The number of aliphatic hydroxyl groups is 2. The van der Waals surface area contributed by atoms with Crippen molar-refractivity contribution in [3.63, 3.8) is 0 Å². The van der Waals surface area contributed by atoms with Gasteiger partial charge in [0.15, 0.2) is 0 Å². The molecule has 0 aliphatic carbocycles. The maximum absolute atomic E-state index is 12.4. The number of rotatable bonds is 40. The van der Waals surface area contributed by atoms with E-state index in [1.165, 1.54) is 199 Å². The monoisotopic (exact) mass is 678 g/mol. The van der Waals surface area contributed by atoms with Crippen molar-refractivity contribution < 1.29 is 15.0 Å². The second-order valence-electron chi connectivity index (χ2n) is 15.1. The number of allylic oxidation sites excluding steroid dienone is 1. The number of carbonyl (C=O) groups excluding carboxylic acids is 1. The fraction of sp³-hybridized carbons (Fsp3) is 0.932. The van der Waals surface area contributed by atoms with Gasteiger partial charge in [0, 0.05) is 6.42 Å². The molecule has 0 bridgehead atoms. The lowest BCUT2D eigenvalue weighted by atomic mass is 10.0. The van der Waals surface area contributed by atoms with Crippen LogP contribution >= 0.6 is 0 Å². The summed E-state index contributed by atoms with van der Waals surface area (Å²) in [6.45, 7) is 4.34. The van der Waals surface area contributed by atoms with E-state index in [9.17, 15) is 15.0 Å². The second kappa shape index (κ2) is 40.6. The zero-order valence-electron chi connectivity index (χ0n) is 32.8. The number of carbonyl (C=O) groups is 1. The SMILES string of the molecule is CCCCCCCCCCCCC=CC[C@@H](O)[C@H](CO)NC(=O)CCCCCCCCCCCCCCCCCCCCCCCCC. The van der Waals surface area contributed by atoms with Gasteiger partial charge in [0.1, 0.15) is 0 Å². The Hall–Kier alpha value is -0.870. The number of hydrogen-bond donors (Lipinski definition) is 3. The average Bonchev–Trinajstić information content (AvgIpc) is 3.09. The summed E-state index contributed by atoms with van der Waals surface area (Å²) in [4.78, 5) is 12.4. The lowest BCUT2D eigenvalue weighted by Crippen LogP contribution is -2.45. The van der Waals surface area contributed by atoms with Gasteiger partial charge < -0.3 is 15.5 Å². The Bertz CT molecular complexity index is 651. The van der Waals surface area contributed by atoms with Crippen molar-refractivity contribution in [2.75, 3.05) is 6.61 Å². The van der Waals surface area contributed by atoms with Crippen LogP contribution in [-0.2, 0) is 4.79 Å². The van der Waals surface area contributed by atoms with Crippen molar-refractivity contribution in [1.29, 1.82) is 0 Å². The lowest BCUT2D eigenvalue weighted by Gasteiger charge is -2.21. The molecule has 0 aromatic heterocycles. The van der Waals surface area contributed by atoms with Gasteiger partial charge in [-0.2, -0.15) is 0 Å². The molecule has 4 heteroatoms. The smallest absolute Gasteiger partial charge is 0.220 e. The van der Waals surface area contributed by atoms with Crippen LogP contribution in [0, 0.1) is 0 Å². The van der Waals surface area contributed by atoms with E-state index >= 15 is 0 Å². The van der Waals surface area contributed by atoms with Crippen molar-refractivity contribution in [2.45, 2.75) is 257 Å². The molecule has 0 spiro atoms. The van der Waals surface area contributed by atoms with Gasteiger partial charge in [-0.25, -0.2) is 0 Å². The number of unbranched alkanes of at least 4 members (excludes halogenated alkanes) is 32. The largest absolute Gasteiger partial charge is 0.394 e. The molecule has 0 radical (unpaired) electrons. The van der Waals surface area contributed by atoms with Crippen LogP contribution in [0.2, 0.25) is 0 Å². The van der Waals surface area contributed by atoms with Gasteiger partial charge in [0.05, 0.1) is 18.8 Å². The fourth-order valence-corrected chi connectivity index (χ4v) is 6.88. The van der Waals surface area contributed by atoms with Crippen molar-refractivity contribution in [2.24, 2.45) is 0 Å². The first-order chi connectivity index (χ1) is 23.7. The van der Waals surface area contributed by atoms with E-state index in [4.69, 9.17) is 0 Å². The molecular formula is C44H87NO3. The summed E-state index contributed by atoms with van der Waals surface area (Å²) in [6, 6.07) is -0.580. The molecule has 3 N–H and O–H groups in total. The summed E-state index contributed by atoms with van der Waals surface area (Å²) in [7, 11) is 0. The lowest BCUT2D eigenvalue weighted by molar-refractivity contribution is -0.123. The Kier molecular flexibility index (Phi) is 39.8. The summed E-state index contributed by atoms with van der Waals surface area (Å²) in [6.07, 6.45) is 50.2. The standard InChI is InChI=1S/C44H87NO3/c1-3-5-7-9-11-13-15-17-18-19-20-21-22-23-24-25-26-28-30-32-34-36-38-40-44(48)45-42(41-46)43(47)39-37-35-33-31-29-27-16-14-12-10-8-6-4-2/h35,37,42-43,46-47H,3-34,36,38-41H2,1-2H3,(H,45,48)/t42-,43+/m0/s1. The highest BCUT2D eigenvalue weighted by atomic mass is 16.3. The molecule has 2 atom stereocenters. The highest BCUT2D eigenvalue weighted by Gasteiger charge is 2.19. The molecule has 0 aromatic carbocycles. The van der Waals surface area contributed by atoms with Crippen LogP contribution in [0.15, 0.2) is 12.2 Å². The summed E-state index contributed by atoms with van der Waals surface area (Å²) in [5.74, 6) is -0.0501. The van der Waals surface area contributed by atoms with Crippen molar-refractivity contribution in [3.05, 3.63) is 12.2 Å². The van der Waals surface area contributed by atoms with Gasteiger partial charge in [-0.3, -0.25) is 4.79 Å². The third kappa shape index (κ3) is 36.4. The third-order valence-corrected chi connectivity index (χ3v) is 10.3. The van der Waals surface area contributed by atoms with E-state index in [1.54, 1.807) is 0 Å². The van der Waals surface area contributed by atoms with Crippen LogP contribution in [0.4, 0.5) is 0 Å². The van der Waals surface area contributed by atoms with Gasteiger partial charge in [-0.1, -0.05) is 225 Å². The molecule has 0 heterocycles. The highest BCUT2D eigenvalue weighted by Crippen LogP contribution is 2.16. The molecule has 0 unspecified atom stereocenters. The van der Waals surface area contributed by atoms with Crippen molar-refractivity contribution in [1.82, 2.24) is 5.32 Å². The Morgan fingerprint density at radius 1 is 0.479 bits per heavy atom. The highest BCUT2D eigenvalue weighted by molar-refractivity contribution is 5.76. The molecular weight excluding hydrogens is 590 g/mol. The Balaban J connectivity index is 3.48. The van der Waals surface area contributed by atoms with E-state index in [2.05, 4.69) is 25.2 Å². The first-order valence-electron chi connectivity index (χ1n) is 21.9. The quantitative estimate of drug-likeness (QED) is 0.0446. The second-order valence-corrected chi connectivity index (χ2v) is 15.1. The first-order valence-corrected chi connectivity index (χ1v) is 21.9. The molecule has 0 aliphatic rings. The number of hydrogen-bond acceptors (Lipinski definition) is 3. The minimum Gasteiger partial charge on any atom is -0.394 e. The van der Waals surface area contributed by atoms with Crippen molar-refractivity contribution >= 4 is 5.91 Å². The molecule has 1 amide bonds. The normalized spacial score (nSPS) is 13.0. The maximum Gasteiger partial charge on any atom is 0.220 e. The van der Waals surface area contributed by atoms with Gasteiger partial charge in [0.2, 0.25) is 5.91 Å². The summed E-state index contributed by atoms with van der Waals surface area (Å²) in [5.41, 5.74) is 0. The van der Waals surface area contributed by atoms with Gasteiger partial charge in [-0.05, 0) is 25.7 Å². The molecule has 0 fully saturated rings. The topological polar surface area (TPSA) is 69.6 Å². The van der Waals surface area contributed by atoms with Crippen LogP contribution in [0.1, 0.15) is 245 Å². The van der Waals surface area contributed by atoms with Crippen LogP contribution in [0.25, 0.3) is 0 Å². The molecule has 4 nitrogen and oxygen atoms in total. The Morgan fingerprint density at radius 3 is 1.12 bits per heavy atom. The molecule has 0 rings (SSSR count). The van der Waals surface area contributed by atoms with E-state index in [1.807, 2.05) is 6.08 Å².